The molecular formula is C28H28F3N3O4. The molecule has 0 aromatic heterocycles. The number of oxime groups is 2. The van der Waals surface area contributed by atoms with E-state index in [1.54, 1.807) is 18.2 Å². The second-order valence-corrected chi connectivity index (χ2v) is 8.29. The summed E-state index contributed by atoms with van der Waals surface area (Å²) in [5, 5.41) is 10.4. The second kappa shape index (κ2) is 12.8. The summed E-state index contributed by atoms with van der Waals surface area (Å²) in [5.41, 5.74) is 3.87. The lowest BCUT2D eigenvalue weighted by molar-refractivity contribution is -0.274. The van der Waals surface area contributed by atoms with Gasteiger partial charge in [0.05, 0.1) is 5.71 Å². The van der Waals surface area contributed by atoms with Crippen LogP contribution in [0.5, 0.6) is 5.75 Å². The summed E-state index contributed by atoms with van der Waals surface area (Å²) in [4.78, 5) is 22.7. The van der Waals surface area contributed by atoms with Gasteiger partial charge in [-0.15, -0.1) is 13.2 Å². The minimum atomic E-state index is -4.88. The number of nitrogens with zero attached hydrogens (tertiary/aromatic N) is 2. The van der Waals surface area contributed by atoms with Crippen LogP contribution in [0.2, 0.25) is 0 Å². The Morgan fingerprint density at radius 2 is 1.68 bits per heavy atom. The van der Waals surface area contributed by atoms with Crippen molar-refractivity contribution in [3.05, 3.63) is 100 Å². The van der Waals surface area contributed by atoms with Gasteiger partial charge in [0.15, 0.2) is 5.71 Å². The molecule has 3 rings (SSSR count). The van der Waals surface area contributed by atoms with Gasteiger partial charge in [-0.25, -0.2) is 0 Å². The molecule has 0 atom stereocenters. The van der Waals surface area contributed by atoms with Crippen molar-refractivity contribution in [2.24, 2.45) is 10.3 Å². The van der Waals surface area contributed by atoms with Crippen molar-refractivity contribution in [2.75, 3.05) is 14.2 Å². The number of hydrogen-bond acceptors (Lipinski definition) is 6. The summed E-state index contributed by atoms with van der Waals surface area (Å²) >= 11 is 0. The summed E-state index contributed by atoms with van der Waals surface area (Å²) in [6.07, 6.45) is -4.44. The third-order valence-electron chi connectivity index (χ3n) is 5.61. The van der Waals surface area contributed by atoms with E-state index in [0.29, 0.717) is 23.1 Å². The topological polar surface area (TPSA) is 81.5 Å². The molecule has 10 heteroatoms. The Balaban J connectivity index is 1.88. The highest BCUT2D eigenvalue weighted by atomic mass is 19.4. The number of hydrogen-bond donors (Lipinski definition) is 1. The Morgan fingerprint density at radius 3 is 2.34 bits per heavy atom. The predicted molar refractivity (Wildman–Crippen MR) is 138 cm³/mol. The van der Waals surface area contributed by atoms with Crippen LogP contribution in [0.4, 0.5) is 13.2 Å². The van der Waals surface area contributed by atoms with Gasteiger partial charge in [-0.3, -0.25) is 4.79 Å². The van der Waals surface area contributed by atoms with Crippen molar-refractivity contribution in [1.82, 2.24) is 5.32 Å². The fourth-order valence-electron chi connectivity index (χ4n) is 3.80. The number of alkyl halides is 3. The molecule has 0 aliphatic rings. The zero-order chi connectivity index (χ0) is 27.7. The third kappa shape index (κ3) is 7.58. The van der Waals surface area contributed by atoms with Gasteiger partial charge in [-0.05, 0) is 49.1 Å². The Labute approximate surface area is 218 Å². The van der Waals surface area contributed by atoms with Crippen molar-refractivity contribution < 1.29 is 32.4 Å². The van der Waals surface area contributed by atoms with Crippen LogP contribution in [0.15, 0.2) is 77.0 Å². The first-order valence-electron chi connectivity index (χ1n) is 11.6. The SMILES string of the molecule is CNC(=O)/C(=N/OC)c1cccc(C)c1CO/N=C(\C)c1ccc(Cc2ccccc2)cc1OC(F)(F)F. The Hall–Kier alpha value is -4.34. The van der Waals surface area contributed by atoms with E-state index in [2.05, 4.69) is 20.4 Å². The summed E-state index contributed by atoms with van der Waals surface area (Å²) in [6, 6.07) is 19.3. The lowest BCUT2D eigenvalue weighted by Crippen LogP contribution is -2.29. The largest absolute Gasteiger partial charge is 0.573 e. The molecule has 1 amide bonds. The van der Waals surface area contributed by atoms with E-state index in [9.17, 15) is 18.0 Å². The Bertz CT molecular complexity index is 1320. The van der Waals surface area contributed by atoms with Crippen LogP contribution in [0.3, 0.4) is 0 Å². The first-order chi connectivity index (χ1) is 18.1. The van der Waals surface area contributed by atoms with E-state index in [1.807, 2.05) is 43.3 Å². The molecule has 1 N–H and O–H groups in total. The molecule has 0 aliphatic heterocycles. The molecule has 0 fully saturated rings. The van der Waals surface area contributed by atoms with Crippen molar-refractivity contribution in [3.8, 4) is 5.75 Å². The van der Waals surface area contributed by atoms with E-state index in [0.717, 1.165) is 11.1 Å². The standard InChI is InChI=1S/C28H28F3N3O4/c1-18-9-8-12-23(26(34-36-4)27(35)32-3)24(18)17-37-33-19(2)22-14-13-21(15-20-10-6-5-7-11-20)16-25(22)38-28(29,30)31/h5-14,16H,15,17H2,1-4H3,(H,32,35)/b33-19+,34-26+. The number of aryl methyl sites for hydroxylation is 1. The highest BCUT2D eigenvalue weighted by Gasteiger charge is 2.32. The Kier molecular flexibility index (Phi) is 9.48. The molecule has 38 heavy (non-hydrogen) atoms. The van der Waals surface area contributed by atoms with E-state index >= 15 is 0 Å². The summed E-state index contributed by atoms with van der Waals surface area (Å²) in [7, 11) is 2.80. The molecule has 0 unspecified atom stereocenters. The van der Waals surface area contributed by atoms with E-state index in [4.69, 9.17) is 9.68 Å². The molecule has 3 aromatic carbocycles. The first-order valence-corrected chi connectivity index (χ1v) is 11.6. The van der Waals surface area contributed by atoms with Gasteiger partial charge < -0.3 is 19.7 Å². The minimum Gasteiger partial charge on any atom is -0.405 e. The zero-order valence-electron chi connectivity index (χ0n) is 21.4. The average Bonchev–Trinajstić information content (AvgIpc) is 2.87. The maximum atomic E-state index is 13.2. The molecule has 0 saturated heterocycles. The molecule has 0 heterocycles. The van der Waals surface area contributed by atoms with Gasteiger partial charge in [-0.1, -0.05) is 64.9 Å². The molecule has 0 aliphatic carbocycles. The molecule has 0 radical (unpaired) electrons. The highest BCUT2D eigenvalue weighted by Crippen LogP contribution is 2.29. The minimum absolute atomic E-state index is 0.0490. The van der Waals surface area contributed by atoms with Crippen molar-refractivity contribution >= 4 is 17.3 Å². The highest BCUT2D eigenvalue weighted by molar-refractivity contribution is 6.45. The average molecular weight is 528 g/mol. The van der Waals surface area contributed by atoms with Crippen LogP contribution in [-0.4, -0.2) is 37.9 Å². The van der Waals surface area contributed by atoms with Crippen LogP contribution in [0.25, 0.3) is 0 Å². The number of benzene rings is 3. The van der Waals surface area contributed by atoms with Gasteiger partial charge in [0.25, 0.3) is 5.91 Å². The third-order valence-corrected chi connectivity index (χ3v) is 5.61. The quantitative estimate of drug-likeness (QED) is 0.278. The van der Waals surface area contributed by atoms with Crippen molar-refractivity contribution in [1.29, 1.82) is 0 Å². The number of ether oxygens (including phenoxy) is 1. The fraction of sp³-hybridized carbons (Fsp3) is 0.250. The second-order valence-electron chi connectivity index (χ2n) is 8.29. The van der Waals surface area contributed by atoms with Crippen molar-refractivity contribution in [2.45, 2.75) is 33.2 Å². The van der Waals surface area contributed by atoms with Crippen LogP contribution >= 0.6 is 0 Å². The predicted octanol–water partition coefficient (Wildman–Crippen LogP) is 5.52. The molecule has 0 saturated carbocycles. The van der Waals surface area contributed by atoms with Crippen LogP contribution < -0.4 is 10.1 Å². The van der Waals surface area contributed by atoms with Crippen molar-refractivity contribution in [3.63, 3.8) is 0 Å². The van der Waals surface area contributed by atoms with Gasteiger partial charge in [-0.2, -0.15) is 0 Å². The fourth-order valence-corrected chi connectivity index (χ4v) is 3.80. The van der Waals surface area contributed by atoms with Crippen LogP contribution in [0, 0.1) is 6.92 Å². The number of carbonyl (C=O) groups is 1. The Morgan fingerprint density at radius 1 is 0.947 bits per heavy atom. The van der Waals surface area contributed by atoms with E-state index < -0.39 is 12.3 Å². The number of nitrogens with one attached hydrogen (secondary N) is 1. The molecule has 0 bridgehead atoms. The smallest absolute Gasteiger partial charge is 0.405 e. The maximum Gasteiger partial charge on any atom is 0.573 e. The molecule has 7 nitrogen and oxygen atoms in total. The normalized spacial score (nSPS) is 12.2. The van der Waals surface area contributed by atoms with Gasteiger partial charge in [0.2, 0.25) is 0 Å². The summed E-state index contributed by atoms with van der Waals surface area (Å²) < 4.78 is 43.9. The van der Waals surface area contributed by atoms with E-state index in [1.165, 1.54) is 33.2 Å². The number of rotatable bonds is 10. The van der Waals surface area contributed by atoms with E-state index in [-0.39, 0.29) is 29.3 Å². The molecule has 3 aromatic rings. The number of amides is 1. The number of halogens is 3. The van der Waals surface area contributed by atoms with Crippen LogP contribution in [-0.2, 0) is 27.5 Å². The van der Waals surface area contributed by atoms with Crippen LogP contribution in [0.1, 0.15) is 40.3 Å². The molecule has 0 spiro atoms. The lowest BCUT2D eigenvalue weighted by atomic mass is 9.98. The van der Waals surface area contributed by atoms with Gasteiger partial charge in [0, 0.05) is 23.7 Å². The number of carbonyl (C=O) groups excluding carboxylic acids is 1. The van der Waals surface area contributed by atoms with Gasteiger partial charge in [0.1, 0.15) is 19.5 Å². The lowest BCUT2D eigenvalue weighted by Gasteiger charge is -2.15. The zero-order valence-corrected chi connectivity index (χ0v) is 21.4. The van der Waals surface area contributed by atoms with Gasteiger partial charge >= 0.3 is 6.36 Å². The first kappa shape index (κ1) is 28.2. The summed E-state index contributed by atoms with van der Waals surface area (Å²) in [5.74, 6) is -0.829. The molecule has 200 valence electrons. The maximum absolute atomic E-state index is 13.2. The number of likely N-dealkylation sites (N-methyl/N-ethyl adjacent to an activating group) is 1. The summed E-state index contributed by atoms with van der Waals surface area (Å²) in [6.45, 7) is 3.28. The molecular weight excluding hydrogens is 499 g/mol. The monoisotopic (exact) mass is 527 g/mol.